The predicted octanol–water partition coefficient (Wildman–Crippen LogP) is 3.46. The number of nitrogens with two attached hydrogens (primary N) is 1. The normalized spacial score (nSPS) is 11.2. The number of benzene rings is 1. The van der Waals surface area contributed by atoms with Crippen LogP contribution in [0.5, 0.6) is 0 Å². The zero-order chi connectivity index (χ0) is 17.6. The van der Waals surface area contributed by atoms with Crippen molar-refractivity contribution in [3.8, 4) is 0 Å². The van der Waals surface area contributed by atoms with Gasteiger partial charge in [0.15, 0.2) is 0 Å². The van der Waals surface area contributed by atoms with Crippen molar-refractivity contribution in [3.63, 3.8) is 0 Å². The zero-order valence-corrected chi connectivity index (χ0v) is 13.6. The Bertz CT molecular complexity index is 976. The lowest BCUT2D eigenvalue weighted by molar-refractivity contribution is 0.100. The molecule has 0 unspecified atom stereocenters. The van der Waals surface area contributed by atoms with Crippen LogP contribution in [0, 0.1) is 32.4 Å². The summed E-state index contributed by atoms with van der Waals surface area (Å²) in [5, 5.41) is 0.613. The molecule has 0 aliphatic carbocycles. The van der Waals surface area contributed by atoms with Crippen LogP contribution in [0.15, 0.2) is 18.3 Å². The SMILES string of the molecule is Cc1ncc(Cc2c(F)cc(C(N)=O)c3[nH]c(C)c(C)c23)cc1F. The number of carbonyl (C=O) groups excluding carboxylic acids is 1. The van der Waals surface area contributed by atoms with Crippen LogP contribution in [0.1, 0.15) is 38.4 Å². The number of rotatable bonds is 3. The number of nitrogens with one attached hydrogen (secondary N) is 1. The number of nitrogens with zero attached hydrogens (tertiary/aromatic N) is 1. The molecule has 0 aliphatic heterocycles. The van der Waals surface area contributed by atoms with E-state index in [1.165, 1.54) is 12.3 Å². The van der Waals surface area contributed by atoms with Crippen LogP contribution in [0.2, 0.25) is 0 Å². The van der Waals surface area contributed by atoms with Crippen LogP contribution in [0.25, 0.3) is 10.9 Å². The van der Waals surface area contributed by atoms with Gasteiger partial charge in [0.25, 0.3) is 5.91 Å². The maximum absolute atomic E-state index is 14.7. The van der Waals surface area contributed by atoms with Crippen LogP contribution >= 0.6 is 0 Å². The third kappa shape index (κ3) is 2.54. The van der Waals surface area contributed by atoms with Gasteiger partial charge in [-0.3, -0.25) is 9.78 Å². The molecule has 0 saturated heterocycles. The average molecular weight is 329 g/mol. The average Bonchev–Trinajstić information content (AvgIpc) is 2.81. The summed E-state index contributed by atoms with van der Waals surface area (Å²) in [5.74, 6) is -1.67. The number of hydrogen-bond donors (Lipinski definition) is 2. The Hall–Kier alpha value is -2.76. The number of amides is 1. The summed E-state index contributed by atoms with van der Waals surface area (Å²) in [4.78, 5) is 18.7. The van der Waals surface area contributed by atoms with E-state index in [9.17, 15) is 13.6 Å². The second-order valence-electron chi connectivity index (χ2n) is 5.96. The van der Waals surface area contributed by atoms with Crippen molar-refractivity contribution >= 4 is 16.8 Å². The highest BCUT2D eigenvalue weighted by Crippen LogP contribution is 2.31. The minimum Gasteiger partial charge on any atom is -0.366 e. The summed E-state index contributed by atoms with van der Waals surface area (Å²) in [6.07, 6.45) is 1.70. The molecule has 3 aromatic rings. The standard InChI is InChI=1S/C18H17F2N3O/c1-8-9(2)23-17-13(18(21)24)6-15(20)12(16(8)17)4-11-5-14(19)10(3)22-7-11/h5-7,23H,4H2,1-3H3,(H2,21,24). The quantitative estimate of drug-likeness (QED) is 0.772. The van der Waals surface area contributed by atoms with E-state index >= 15 is 0 Å². The van der Waals surface area contributed by atoms with E-state index in [2.05, 4.69) is 9.97 Å². The topological polar surface area (TPSA) is 71.8 Å². The number of fused-ring (bicyclic) bond motifs is 1. The van der Waals surface area contributed by atoms with Gasteiger partial charge < -0.3 is 10.7 Å². The summed E-state index contributed by atoms with van der Waals surface area (Å²) in [5.41, 5.74) is 8.88. The van der Waals surface area contributed by atoms with E-state index in [1.807, 2.05) is 13.8 Å². The van der Waals surface area contributed by atoms with Crippen LogP contribution in [0.3, 0.4) is 0 Å². The molecule has 0 radical (unpaired) electrons. The predicted molar refractivity (Wildman–Crippen MR) is 88.0 cm³/mol. The number of aromatic nitrogens is 2. The number of aromatic amines is 1. The summed E-state index contributed by atoms with van der Waals surface area (Å²) in [7, 11) is 0. The molecule has 6 heteroatoms. The molecule has 0 bridgehead atoms. The monoisotopic (exact) mass is 329 g/mol. The summed E-state index contributed by atoms with van der Waals surface area (Å²) < 4.78 is 28.4. The highest BCUT2D eigenvalue weighted by Gasteiger charge is 2.20. The highest BCUT2D eigenvalue weighted by molar-refractivity contribution is 6.07. The number of carbonyl (C=O) groups is 1. The first kappa shape index (κ1) is 16.1. The molecule has 0 fully saturated rings. The second kappa shape index (κ2) is 5.70. The van der Waals surface area contributed by atoms with Gasteiger partial charge in [-0.05, 0) is 44.0 Å². The lowest BCUT2D eigenvalue weighted by Crippen LogP contribution is -2.13. The molecule has 24 heavy (non-hydrogen) atoms. The van der Waals surface area contributed by atoms with Crippen molar-refractivity contribution in [2.75, 3.05) is 0 Å². The molecule has 0 saturated carbocycles. The number of pyridine rings is 1. The maximum Gasteiger partial charge on any atom is 0.250 e. The maximum atomic E-state index is 14.7. The Morgan fingerprint density at radius 2 is 1.92 bits per heavy atom. The largest absolute Gasteiger partial charge is 0.366 e. The van der Waals surface area contributed by atoms with Crippen molar-refractivity contribution in [1.29, 1.82) is 0 Å². The number of H-pyrrole nitrogens is 1. The van der Waals surface area contributed by atoms with E-state index in [1.54, 1.807) is 6.92 Å². The number of halogens is 2. The van der Waals surface area contributed by atoms with E-state index in [0.717, 1.165) is 17.3 Å². The van der Waals surface area contributed by atoms with Gasteiger partial charge in [0.2, 0.25) is 0 Å². The minimum absolute atomic E-state index is 0.107. The molecule has 3 N–H and O–H groups in total. The molecule has 0 aliphatic rings. The van der Waals surface area contributed by atoms with Crippen molar-refractivity contribution in [1.82, 2.24) is 9.97 Å². The molecule has 2 aromatic heterocycles. The van der Waals surface area contributed by atoms with Crippen molar-refractivity contribution < 1.29 is 13.6 Å². The molecule has 1 amide bonds. The Kier molecular flexibility index (Phi) is 3.83. The van der Waals surface area contributed by atoms with Gasteiger partial charge in [0.1, 0.15) is 11.6 Å². The Morgan fingerprint density at radius 1 is 1.21 bits per heavy atom. The van der Waals surface area contributed by atoms with E-state index in [4.69, 9.17) is 5.73 Å². The lowest BCUT2D eigenvalue weighted by atomic mass is 9.96. The fraction of sp³-hybridized carbons (Fsp3) is 0.222. The first-order valence-electron chi connectivity index (χ1n) is 7.50. The fourth-order valence-corrected chi connectivity index (χ4v) is 2.92. The Morgan fingerprint density at radius 3 is 2.54 bits per heavy atom. The van der Waals surface area contributed by atoms with Crippen LogP contribution in [0.4, 0.5) is 8.78 Å². The van der Waals surface area contributed by atoms with Gasteiger partial charge in [-0.15, -0.1) is 0 Å². The van der Waals surface area contributed by atoms with E-state index in [-0.39, 0.29) is 12.0 Å². The highest BCUT2D eigenvalue weighted by atomic mass is 19.1. The van der Waals surface area contributed by atoms with Gasteiger partial charge in [0.05, 0.1) is 16.8 Å². The summed E-state index contributed by atoms with van der Waals surface area (Å²) in [6.45, 7) is 5.25. The molecule has 0 atom stereocenters. The van der Waals surface area contributed by atoms with Crippen LogP contribution < -0.4 is 5.73 Å². The van der Waals surface area contributed by atoms with Crippen molar-refractivity contribution in [2.45, 2.75) is 27.2 Å². The number of hydrogen-bond acceptors (Lipinski definition) is 2. The van der Waals surface area contributed by atoms with Crippen LogP contribution in [-0.4, -0.2) is 15.9 Å². The molecule has 0 spiro atoms. The summed E-state index contributed by atoms with van der Waals surface area (Å²) >= 11 is 0. The second-order valence-corrected chi connectivity index (χ2v) is 5.96. The molecule has 3 rings (SSSR count). The molecule has 124 valence electrons. The van der Waals surface area contributed by atoms with Gasteiger partial charge >= 0.3 is 0 Å². The zero-order valence-electron chi connectivity index (χ0n) is 13.6. The van der Waals surface area contributed by atoms with E-state index < -0.39 is 17.5 Å². The number of aryl methyl sites for hydroxylation is 3. The summed E-state index contributed by atoms with van der Waals surface area (Å²) in [6, 6.07) is 2.48. The van der Waals surface area contributed by atoms with Crippen molar-refractivity contribution in [3.05, 3.63) is 63.6 Å². The van der Waals surface area contributed by atoms with Crippen molar-refractivity contribution in [2.24, 2.45) is 5.73 Å². The Labute approximate surface area is 137 Å². The smallest absolute Gasteiger partial charge is 0.250 e. The van der Waals surface area contributed by atoms with Gasteiger partial charge in [-0.2, -0.15) is 0 Å². The number of primary amides is 1. The molecule has 1 aromatic carbocycles. The molecule has 4 nitrogen and oxygen atoms in total. The first-order chi connectivity index (χ1) is 11.3. The van der Waals surface area contributed by atoms with E-state index in [0.29, 0.717) is 27.7 Å². The molecular weight excluding hydrogens is 312 g/mol. The third-order valence-corrected chi connectivity index (χ3v) is 4.36. The van der Waals surface area contributed by atoms with Gasteiger partial charge in [0, 0.05) is 29.3 Å². The fourth-order valence-electron chi connectivity index (χ4n) is 2.92. The molecule has 2 heterocycles. The van der Waals surface area contributed by atoms with Gasteiger partial charge in [-0.1, -0.05) is 0 Å². The third-order valence-electron chi connectivity index (χ3n) is 4.36. The first-order valence-corrected chi connectivity index (χ1v) is 7.50. The Balaban J connectivity index is 2.24. The molecular formula is C18H17F2N3O. The minimum atomic E-state index is -0.699. The lowest BCUT2D eigenvalue weighted by Gasteiger charge is -2.10. The van der Waals surface area contributed by atoms with Gasteiger partial charge in [-0.25, -0.2) is 8.78 Å². The van der Waals surface area contributed by atoms with Crippen LogP contribution in [-0.2, 0) is 6.42 Å².